The number of aromatic nitrogens is 1. The van der Waals surface area contributed by atoms with Crippen LogP contribution in [0.4, 0.5) is 0 Å². The number of fused-ring (bicyclic) bond motifs is 1. The van der Waals surface area contributed by atoms with Gasteiger partial charge < -0.3 is 0 Å². The van der Waals surface area contributed by atoms with Gasteiger partial charge in [0, 0.05) is 23.4 Å². The Morgan fingerprint density at radius 3 is 3.00 bits per heavy atom. The van der Waals surface area contributed by atoms with Gasteiger partial charge in [0.05, 0.1) is 0 Å². The fourth-order valence-corrected chi connectivity index (χ4v) is 1.42. The fourth-order valence-electron chi connectivity index (χ4n) is 1.25. The highest BCUT2D eigenvalue weighted by atomic mass is 35.5. The molecule has 0 radical (unpaired) electrons. The lowest BCUT2D eigenvalue weighted by molar-refractivity contribution is -0.344. The van der Waals surface area contributed by atoms with E-state index in [-0.39, 0.29) is 0 Å². The van der Waals surface area contributed by atoms with Gasteiger partial charge in [0.2, 0.25) is 5.52 Å². The molecule has 2 rings (SSSR count). The van der Waals surface area contributed by atoms with Gasteiger partial charge in [-0.2, -0.15) is 0 Å². The van der Waals surface area contributed by atoms with E-state index in [1.54, 1.807) is 0 Å². The Labute approximate surface area is 76.0 Å². The van der Waals surface area contributed by atoms with Crippen molar-refractivity contribution in [2.75, 3.05) is 0 Å². The molecule has 1 aromatic heterocycles. The third-order valence-electron chi connectivity index (χ3n) is 1.88. The van der Waals surface area contributed by atoms with Crippen LogP contribution in [0.25, 0.3) is 10.9 Å². The molecular formula is C10H9ClN+. The predicted molar refractivity (Wildman–Crippen MR) is 50.1 cm³/mol. The van der Waals surface area contributed by atoms with Crippen molar-refractivity contribution < 1.29 is 4.98 Å². The molecule has 60 valence electrons. The molecule has 0 saturated carbocycles. The summed E-state index contributed by atoms with van der Waals surface area (Å²) in [5.41, 5.74) is 2.30. The first-order valence-corrected chi connectivity index (χ1v) is 4.39. The number of rotatable bonds is 1. The maximum absolute atomic E-state index is 5.72. The van der Waals surface area contributed by atoms with Crippen molar-refractivity contribution in [3.05, 3.63) is 42.1 Å². The first kappa shape index (κ1) is 7.56. The highest BCUT2D eigenvalue weighted by Crippen LogP contribution is 2.12. The van der Waals surface area contributed by atoms with Gasteiger partial charge in [-0.3, -0.25) is 0 Å². The smallest absolute Gasteiger partial charge is 0.210 e. The number of alkyl halides is 1. The van der Waals surface area contributed by atoms with E-state index < -0.39 is 0 Å². The summed E-state index contributed by atoms with van der Waals surface area (Å²) >= 11 is 5.72. The zero-order chi connectivity index (χ0) is 8.39. The zero-order valence-corrected chi connectivity index (χ0v) is 7.31. The van der Waals surface area contributed by atoms with Gasteiger partial charge in [-0.1, -0.05) is 6.07 Å². The summed E-state index contributed by atoms with van der Waals surface area (Å²) in [7, 11) is 0. The van der Waals surface area contributed by atoms with E-state index in [1.807, 2.05) is 24.4 Å². The number of aromatic amines is 1. The maximum atomic E-state index is 5.72. The van der Waals surface area contributed by atoms with E-state index in [9.17, 15) is 0 Å². The molecule has 0 fully saturated rings. The molecule has 2 aromatic rings. The average Bonchev–Trinajstić information content (AvgIpc) is 2.17. The summed E-state index contributed by atoms with van der Waals surface area (Å²) < 4.78 is 0. The van der Waals surface area contributed by atoms with Gasteiger partial charge >= 0.3 is 0 Å². The molecule has 0 atom stereocenters. The van der Waals surface area contributed by atoms with Gasteiger partial charge in [-0.05, 0) is 17.7 Å². The Morgan fingerprint density at radius 2 is 2.17 bits per heavy atom. The lowest BCUT2D eigenvalue weighted by Crippen LogP contribution is -2.00. The number of nitrogens with one attached hydrogen (secondary N) is 1. The Morgan fingerprint density at radius 1 is 1.25 bits per heavy atom. The number of pyridine rings is 1. The Kier molecular flexibility index (Phi) is 1.96. The van der Waals surface area contributed by atoms with Gasteiger partial charge in [-0.15, -0.1) is 11.6 Å². The van der Waals surface area contributed by atoms with E-state index >= 15 is 0 Å². The van der Waals surface area contributed by atoms with Gasteiger partial charge in [0.25, 0.3) is 0 Å². The van der Waals surface area contributed by atoms with Crippen LogP contribution in [0.1, 0.15) is 5.56 Å². The summed E-state index contributed by atoms with van der Waals surface area (Å²) in [4.78, 5) is 3.16. The van der Waals surface area contributed by atoms with Crippen molar-refractivity contribution in [2.24, 2.45) is 0 Å². The normalized spacial score (nSPS) is 10.4. The average molecular weight is 179 g/mol. The summed E-state index contributed by atoms with van der Waals surface area (Å²) in [6.45, 7) is 0. The van der Waals surface area contributed by atoms with E-state index in [2.05, 4.69) is 17.1 Å². The van der Waals surface area contributed by atoms with Crippen molar-refractivity contribution in [2.45, 2.75) is 5.88 Å². The Hall–Kier alpha value is -1.08. The second-order valence-electron chi connectivity index (χ2n) is 2.73. The first-order chi connectivity index (χ1) is 5.90. The molecule has 12 heavy (non-hydrogen) atoms. The fraction of sp³-hybridized carbons (Fsp3) is 0.100. The standard InChI is InChI=1S/C10H8ClN/c11-7-8-3-4-10-9(6-8)2-1-5-12-10/h1-6H,7H2/p+1. The molecule has 0 unspecified atom stereocenters. The lowest BCUT2D eigenvalue weighted by atomic mass is 10.1. The molecule has 1 nitrogen and oxygen atoms in total. The van der Waals surface area contributed by atoms with Gasteiger partial charge in [0.15, 0.2) is 6.20 Å². The molecule has 0 aliphatic carbocycles. The van der Waals surface area contributed by atoms with Crippen LogP contribution in [0.5, 0.6) is 0 Å². The van der Waals surface area contributed by atoms with Crippen molar-refractivity contribution in [3.8, 4) is 0 Å². The van der Waals surface area contributed by atoms with Crippen LogP contribution in [0.15, 0.2) is 36.5 Å². The van der Waals surface area contributed by atoms with Crippen LogP contribution in [0.2, 0.25) is 0 Å². The van der Waals surface area contributed by atoms with Crippen LogP contribution in [0.3, 0.4) is 0 Å². The SMILES string of the molecule is ClCc1ccc2[nH+]cccc2c1. The summed E-state index contributed by atoms with van der Waals surface area (Å²) in [6, 6.07) is 10.2. The maximum Gasteiger partial charge on any atom is 0.210 e. The third kappa shape index (κ3) is 1.28. The molecule has 1 heterocycles. The van der Waals surface area contributed by atoms with Crippen LogP contribution >= 0.6 is 11.6 Å². The monoisotopic (exact) mass is 178 g/mol. The van der Waals surface area contributed by atoms with Crippen LogP contribution in [-0.4, -0.2) is 0 Å². The second kappa shape index (κ2) is 3.11. The number of halogens is 1. The molecule has 0 aliphatic heterocycles. The highest BCUT2D eigenvalue weighted by molar-refractivity contribution is 6.17. The molecule has 2 heteroatoms. The second-order valence-corrected chi connectivity index (χ2v) is 2.99. The van der Waals surface area contributed by atoms with E-state index in [4.69, 9.17) is 11.6 Å². The molecule has 0 saturated heterocycles. The molecule has 0 aliphatic rings. The van der Waals surface area contributed by atoms with Crippen LogP contribution in [-0.2, 0) is 5.88 Å². The quantitative estimate of drug-likeness (QED) is 0.596. The number of H-pyrrole nitrogens is 1. The summed E-state index contributed by atoms with van der Waals surface area (Å²) in [5, 5.41) is 1.20. The minimum Gasteiger partial charge on any atom is -0.211 e. The molecule has 1 N–H and O–H groups in total. The molecule has 0 bridgehead atoms. The van der Waals surface area contributed by atoms with Crippen molar-refractivity contribution in [1.82, 2.24) is 0 Å². The molecular weight excluding hydrogens is 170 g/mol. The molecule has 0 amide bonds. The summed E-state index contributed by atoms with van der Waals surface area (Å²) in [5.74, 6) is 0.574. The number of hydrogen-bond donors (Lipinski definition) is 0. The summed E-state index contributed by atoms with van der Waals surface area (Å²) in [6.07, 6.45) is 1.92. The largest absolute Gasteiger partial charge is 0.211 e. The first-order valence-electron chi connectivity index (χ1n) is 3.85. The van der Waals surface area contributed by atoms with Crippen molar-refractivity contribution in [3.63, 3.8) is 0 Å². The Bertz CT molecular complexity index is 398. The Balaban J connectivity index is 2.67. The van der Waals surface area contributed by atoms with E-state index in [0.29, 0.717) is 5.88 Å². The molecule has 0 spiro atoms. The minimum atomic E-state index is 0.574. The van der Waals surface area contributed by atoms with Crippen LogP contribution in [0, 0.1) is 0 Å². The number of hydrogen-bond acceptors (Lipinski definition) is 0. The topological polar surface area (TPSA) is 14.1 Å². The van der Waals surface area contributed by atoms with Gasteiger partial charge in [-0.25, -0.2) is 4.98 Å². The molecule has 1 aromatic carbocycles. The highest BCUT2D eigenvalue weighted by Gasteiger charge is 1.98. The third-order valence-corrected chi connectivity index (χ3v) is 2.19. The van der Waals surface area contributed by atoms with Crippen LogP contribution < -0.4 is 4.98 Å². The van der Waals surface area contributed by atoms with E-state index in [1.165, 1.54) is 5.39 Å². The predicted octanol–water partition coefficient (Wildman–Crippen LogP) is 2.39. The zero-order valence-electron chi connectivity index (χ0n) is 6.55. The lowest BCUT2D eigenvalue weighted by Gasteiger charge is -1.94. The van der Waals surface area contributed by atoms with Crippen molar-refractivity contribution >= 4 is 22.5 Å². The van der Waals surface area contributed by atoms with E-state index in [0.717, 1.165) is 11.1 Å². The van der Waals surface area contributed by atoms with Crippen molar-refractivity contribution in [1.29, 1.82) is 0 Å². The minimum absolute atomic E-state index is 0.574. The number of benzene rings is 1. The van der Waals surface area contributed by atoms with Gasteiger partial charge in [0.1, 0.15) is 0 Å².